The molecule has 0 unspecified atom stereocenters. The van der Waals surface area contributed by atoms with Crippen LogP contribution in [0.25, 0.3) is 0 Å². The molecule has 0 aliphatic rings. The summed E-state index contributed by atoms with van der Waals surface area (Å²) in [5.74, 6) is -1.16. The molecule has 1 aromatic rings. The lowest BCUT2D eigenvalue weighted by Gasteiger charge is -2.09. The van der Waals surface area contributed by atoms with Gasteiger partial charge in [-0.25, -0.2) is 0 Å². The minimum Gasteiger partial charge on any atom is -0.269 e. The van der Waals surface area contributed by atoms with Crippen molar-refractivity contribution in [3.05, 3.63) is 35.9 Å². The van der Waals surface area contributed by atoms with E-state index in [0.717, 1.165) is 6.41 Å². The van der Waals surface area contributed by atoms with E-state index in [0.29, 0.717) is 0 Å². The van der Waals surface area contributed by atoms with Crippen molar-refractivity contribution in [2.24, 2.45) is 0 Å². The van der Waals surface area contributed by atoms with E-state index in [1.165, 1.54) is 24.3 Å². The summed E-state index contributed by atoms with van der Waals surface area (Å²) in [4.78, 5) is 21.6. The molecular formula is C8H6NO5S. The fourth-order valence-electron chi connectivity index (χ4n) is 0.891. The summed E-state index contributed by atoms with van der Waals surface area (Å²) >= 11 is 0. The maximum absolute atomic E-state index is 11.3. The second-order valence-electron chi connectivity index (χ2n) is 2.50. The predicted octanol–water partition coefficient (Wildman–Crippen LogP) is -0.00120. The van der Waals surface area contributed by atoms with Gasteiger partial charge in [0, 0.05) is 5.56 Å². The van der Waals surface area contributed by atoms with Gasteiger partial charge in [-0.3, -0.25) is 14.1 Å². The van der Waals surface area contributed by atoms with Gasteiger partial charge in [-0.05, 0) is 12.1 Å². The molecule has 0 aromatic heterocycles. The van der Waals surface area contributed by atoms with Crippen molar-refractivity contribution >= 4 is 22.6 Å². The molecule has 1 radical (unpaired) electrons. The number of amides is 2. The first kappa shape index (κ1) is 11.3. The van der Waals surface area contributed by atoms with Gasteiger partial charge in [0.05, 0.1) is 0 Å². The largest absolute Gasteiger partial charge is 0.369 e. The van der Waals surface area contributed by atoms with Crippen molar-refractivity contribution in [3.8, 4) is 0 Å². The molecule has 7 heteroatoms. The number of rotatable bonds is 3. The van der Waals surface area contributed by atoms with Crippen LogP contribution in [0.1, 0.15) is 10.4 Å². The van der Waals surface area contributed by atoms with E-state index in [9.17, 15) is 18.0 Å². The standard InChI is InChI=1S/C8H6NO5S/c10-6-9(15(12,13)14)8(11)7-4-2-1-3-5-7/h1-5H,(H,12,13,14). The molecule has 0 heterocycles. The zero-order valence-corrected chi connectivity index (χ0v) is 8.14. The Balaban J connectivity index is 3.09. The number of benzene rings is 1. The summed E-state index contributed by atoms with van der Waals surface area (Å²) in [6, 6.07) is 7.19. The molecule has 0 aliphatic heterocycles. The maximum atomic E-state index is 11.3. The summed E-state index contributed by atoms with van der Waals surface area (Å²) in [5.41, 5.74) is -0.0431. The van der Waals surface area contributed by atoms with Crippen LogP contribution in [-0.2, 0) is 15.1 Å². The SMILES string of the molecule is O=[C]N(C(=O)c1ccccc1)S(=O)(=O)O. The number of hydrogen-bond acceptors (Lipinski definition) is 4. The Morgan fingerprint density at radius 3 is 2.20 bits per heavy atom. The molecule has 0 saturated heterocycles. The van der Waals surface area contributed by atoms with Crippen LogP contribution in [0.4, 0.5) is 0 Å². The molecular weight excluding hydrogens is 222 g/mol. The second-order valence-corrected chi connectivity index (χ2v) is 3.77. The highest BCUT2D eigenvalue weighted by Crippen LogP contribution is 2.05. The second kappa shape index (κ2) is 4.20. The highest BCUT2D eigenvalue weighted by atomic mass is 32.2. The van der Waals surface area contributed by atoms with Gasteiger partial charge in [-0.2, -0.15) is 8.42 Å². The van der Waals surface area contributed by atoms with E-state index >= 15 is 0 Å². The Morgan fingerprint density at radius 2 is 1.80 bits per heavy atom. The third kappa shape index (κ3) is 2.61. The van der Waals surface area contributed by atoms with E-state index in [-0.39, 0.29) is 5.56 Å². The number of imide groups is 1. The molecule has 0 atom stereocenters. The molecule has 0 fully saturated rings. The number of hydrogen-bond donors (Lipinski definition) is 1. The van der Waals surface area contributed by atoms with Gasteiger partial charge < -0.3 is 0 Å². The predicted molar refractivity (Wildman–Crippen MR) is 49.9 cm³/mol. The van der Waals surface area contributed by atoms with Crippen molar-refractivity contribution < 1.29 is 22.6 Å². The van der Waals surface area contributed by atoms with Crippen LogP contribution >= 0.6 is 0 Å². The average Bonchev–Trinajstić information content (AvgIpc) is 2.18. The van der Waals surface area contributed by atoms with Crippen LogP contribution in [0, 0.1) is 0 Å². The molecule has 79 valence electrons. The number of carbonyl (C=O) groups excluding carboxylic acids is 2. The molecule has 0 bridgehead atoms. The van der Waals surface area contributed by atoms with Gasteiger partial charge in [0.2, 0.25) is 0 Å². The zero-order chi connectivity index (χ0) is 11.5. The van der Waals surface area contributed by atoms with Gasteiger partial charge in [-0.1, -0.05) is 18.2 Å². The molecule has 15 heavy (non-hydrogen) atoms. The van der Waals surface area contributed by atoms with E-state index < -0.39 is 20.5 Å². The van der Waals surface area contributed by atoms with Crippen LogP contribution in [0.2, 0.25) is 0 Å². The Bertz CT molecular complexity index is 467. The fraction of sp³-hybridized carbons (Fsp3) is 0. The molecule has 0 spiro atoms. The van der Waals surface area contributed by atoms with E-state index in [1.54, 1.807) is 6.07 Å². The number of carbonyl (C=O) groups is 1. The Kier molecular flexibility index (Phi) is 3.17. The lowest BCUT2D eigenvalue weighted by atomic mass is 10.2. The Labute approximate surface area is 86.0 Å². The highest BCUT2D eigenvalue weighted by Gasteiger charge is 2.26. The third-order valence-corrected chi connectivity index (χ3v) is 2.22. The lowest BCUT2D eigenvalue weighted by molar-refractivity contribution is 0.0905. The summed E-state index contributed by atoms with van der Waals surface area (Å²) in [7, 11) is -4.90. The molecule has 0 saturated carbocycles. The van der Waals surface area contributed by atoms with Crippen LogP contribution in [0.5, 0.6) is 0 Å². The summed E-state index contributed by atoms with van der Waals surface area (Å²) in [5, 5.41) is 0. The highest BCUT2D eigenvalue weighted by molar-refractivity contribution is 7.84. The van der Waals surface area contributed by atoms with E-state index in [4.69, 9.17) is 4.55 Å². The molecule has 6 nitrogen and oxygen atoms in total. The van der Waals surface area contributed by atoms with Crippen LogP contribution in [0.3, 0.4) is 0 Å². The van der Waals surface area contributed by atoms with Crippen LogP contribution in [-0.4, -0.2) is 29.6 Å². The molecule has 2 amide bonds. The lowest BCUT2D eigenvalue weighted by Crippen LogP contribution is -2.35. The molecule has 1 aromatic carbocycles. The average molecular weight is 228 g/mol. The van der Waals surface area contributed by atoms with Gasteiger partial charge >= 0.3 is 16.7 Å². The topological polar surface area (TPSA) is 91.8 Å². The first-order valence-electron chi connectivity index (χ1n) is 3.71. The summed E-state index contributed by atoms with van der Waals surface area (Å²) in [6.45, 7) is 0. The minimum absolute atomic E-state index is 0.0431. The van der Waals surface area contributed by atoms with Crippen LogP contribution in [0.15, 0.2) is 30.3 Å². The van der Waals surface area contributed by atoms with Crippen molar-refractivity contribution in [2.45, 2.75) is 0 Å². The Hall–Kier alpha value is -1.73. The van der Waals surface area contributed by atoms with Gasteiger partial charge in [0.1, 0.15) is 0 Å². The van der Waals surface area contributed by atoms with Gasteiger partial charge in [0.25, 0.3) is 5.91 Å². The Morgan fingerprint density at radius 1 is 1.27 bits per heavy atom. The van der Waals surface area contributed by atoms with Gasteiger partial charge in [-0.15, -0.1) is 4.31 Å². The monoisotopic (exact) mass is 228 g/mol. The quantitative estimate of drug-likeness (QED) is 0.580. The normalized spacial score (nSPS) is 10.7. The van der Waals surface area contributed by atoms with Crippen molar-refractivity contribution in [3.63, 3.8) is 0 Å². The smallest absolute Gasteiger partial charge is 0.269 e. The van der Waals surface area contributed by atoms with E-state index in [2.05, 4.69) is 0 Å². The van der Waals surface area contributed by atoms with Gasteiger partial charge in [0.15, 0.2) is 0 Å². The minimum atomic E-state index is -4.90. The summed E-state index contributed by atoms with van der Waals surface area (Å²) in [6.07, 6.45) is 0.836. The fourth-order valence-corrected chi connectivity index (χ4v) is 1.30. The summed E-state index contributed by atoms with van der Waals surface area (Å²) < 4.78 is 29.3. The third-order valence-electron chi connectivity index (χ3n) is 1.52. The van der Waals surface area contributed by atoms with Crippen molar-refractivity contribution in [1.29, 1.82) is 0 Å². The van der Waals surface area contributed by atoms with Crippen molar-refractivity contribution in [2.75, 3.05) is 0 Å². The number of nitrogens with zero attached hydrogens (tertiary/aromatic N) is 1. The molecule has 1 N–H and O–H groups in total. The van der Waals surface area contributed by atoms with E-state index in [1.807, 2.05) is 0 Å². The van der Waals surface area contributed by atoms with Crippen LogP contribution < -0.4 is 0 Å². The first-order valence-corrected chi connectivity index (χ1v) is 5.11. The van der Waals surface area contributed by atoms with Crippen molar-refractivity contribution in [1.82, 2.24) is 4.31 Å². The molecule has 1 rings (SSSR count). The molecule has 0 aliphatic carbocycles. The zero-order valence-electron chi connectivity index (χ0n) is 7.32. The maximum Gasteiger partial charge on any atom is 0.369 e. The first-order chi connectivity index (χ1) is 6.96.